The molecule has 4 aromatic heterocycles. The number of hydrogen-bond donors (Lipinski definition) is 2. The highest BCUT2D eigenvalue weighted by Crippen LogP contribution is 2.45. The van der Waals surface area contributed by atoms with E-state index in [1.165, 1.54) is 31.3 Å². The Balaban J connectivity index is 1.15. The number of nitrogens with zero attached hydrogens (tertiary/aromatic N) is 4. The van der Waals surface area contributed by atoms with Crippen LogP contribution in [-0.4, -0.2) is 66.2 Å². The summed E-state index contributed by atoms with van der Waals surface area (Å²) in [5, 5.41) is 2.48. The predicted molar refractivity (Wildman–Crippen MR) is 192 cm³/mol. The van der Waals surface area contributed by atoms with Gasteiger partial charge in [-0.15, -0.1) is 22.7 Å². The monoisotopic (exact) mass is 688 g/mol. The van der Waals surface area contributed by atoms with Crippen LogP contribution in [0, 0.1) is 13.8 Å². The molecule has 2 aliphatic rings. The number of nitrogens with one attached hydrogen (secondary N) is 2. The van der Waals surface area contributed by atoms with Crippen molar-refractivity contribution in [3.05, 3.63) is 47.3 Å². The van der Waals surface area contributed by atoms with Crippen LogP contribution in [0.3, 0.4) is 0 Å². The Hall–Kier alpha value is -3.90. The molecule has 48 heavy (non-hydrogen) atoms. The quantitative estimate of drug-likeness (QED) is 0.194. The second-order valence-corrected chi connectivity index (χ2v) is 17.1. The van der Waals surface area contributed by atoms with Crippen LogP contribution in [0.4, 0.5) is 9.59 Å². The lowest BCUT2D eigenvalue weighted by atomic mass is 10.0. The van der Waals surface area contributed by atoms with E-state index in [0.717, 1.165) is 58.5 Å². The molecule has 2 atom stereocenters. The molecule has 0 spiro atoms. The Kier molecular flexibility index (Phi) is 8.10. The van der Waals surface area contributed by atoms with E-state index in [1.807, 2.05) is 53.9 Å². The van der Waals surface area contributed by atoms with Crippen LogP contribution < -0.4 is 0 Å². The number of rotatable bonds is 4. The zero-order valence-corrected chi connectivity index (χ0v) is 30.6. The molecule has 0 radical (unpaired) electrons. The number of imidazole rings is 2. The summed E-state index contributed by atoms with van der Waals surface area (Å²) in [4.78, 5) is 48.2. The number of fused-ring (bicyclic) bond motifs is 2. The number of aromatic amines is 2. The minimum atomic E-state index is -0.540. The van der Waals surface area contributed by atoms with Gasteiger partial charge >= 0.3 is 12.2 Å². The van der Waals surface area contributed by atoms with Crippen molar-refractivity contribution in [2.45, 2.75) is 104 Å². The van der Waals surface area contributed by atoms with Crippen LogP contribution in [0.5, 0.6) is 0 Å². The van der Waals surface area contributed by atoms with Gasteiger partial charge in [0.25, 0.3) is 0 Å². The molecule has 0 saturated carbocycles. The first-order chi connectivity index (χ1) is 22.7. The fourth-order valence-electron chi connectivity index (χ4n) is 6.85. The van der Waals surface area contributed by atoms with Crippen LogP contribution in [0.1, 0.15) is 102 Å². The first-order valence-electron chi connectivity index (χ1n) is 16.7. The molecular weight excluding hydrogens is 645 g/mol. The maximum Gasteiger partial charge on any atom is 0.410 e. The van der Waals surface area contributed by atoms with Crippen molar-refractivity contribution in [3.63, 3.8) is 0 Å². The number of ether oxygens (including phenoxy) is 2. The molecule has 7 rings (SSSR count). The van der Waals surface area contributed by atoms with Crippen molar-refractivity contribution in [2.75, 3.05) is 13.1 Å². The van der Waals surface area contributed by atoms with Gasteiger partial charge < -0.3 is 19.4 Å². The molecule has 12 heteroatoms. The standard InChI is InChI=1S/C36H44N6O4S2/c1-19-21-15-27(23-17-37-31(39-23)25-11-9-13-41(25)33(43)45-35(3,4)5)48-30(21)20(2)22-16-28(47-29(19)22)24-18-38-32(40-24)26-12-10-14-42(26)34(44)46-36(6,7)8/h15-18,25-26H,9-14H2,1-8H3,(H,37,39)(H,38,40)/t25-,26-/m0/s1. The van der Waals surface area contributed by atoms with Crippen LogP contribution in [-0.2, 0) is 9.47 Å². The Bertz CT molecular complexity index is 1830. The van der Waals surface area contributed by atoms with Crippen LogP contribution in [0.15, 0.2) is 24.5 Å². The van der Waals surface area contributed by atoms with E-state index < -0.39 is 11.2 Å². The fourth-order valence-corrected chi connectivity index (χ4v) is 9.24. The third kappa shape index (κ3) is 6.09. The summed E-state index contributed by atoms with van der Waals surface area (Å²) in [6, 6.07) is 4.29. The lowest BCUT2D eigenvalue weighted by molar-refractivity contribution is 0.0208. The molecule has 2 amide bonds. The highest BCUT2D eigenvalue weighted by Gasteiger charge is 2.36. The number of aromatic nitrogens is 4. The van der Waals surface area contributed by atoms with E-state index in [9.17, 15) is 9.59 Å². The number of aryl methyl sites for hydroxylation is 2. The highest BCUT2D eigenvalue weighted by atomic mass is 32.1. The van der Waals surface area contributed by atoms with E-state index in [0.29, 0.717) is 13.1 Å². The first kappa shape index (κ1) is 32.6. The molecule has 6 heterocycles. The number of thiophene rings is 2. The van der Waals surface area contributed by atoms with Gasteiger partial charge in [-0.3, -0.25) is 9.80 Å². The average Bonchev–Trinajstić information content (AvgIpc) is 3.85. The lowest BCUT2D eigenvalue weighted by Crippen LogP contribution is -2.36. The van der Waals surface area contributed by atoms with Gasteiger partial charge in [-0.1, -0.05) is 0 Å². The molecule has 254 valence electrons. The second kappa shape index (κ2) is 11.9. The minimum Gasteiger partial charge on any atom is -0.444 e. The van der Waals surface area contributed by atoms with E-state index in [4.69, 9.17) is 19.4 Å². The van der Waals surface area contributed by atoms with Crippen LogP contribution in [0.2, 0.25) is 0 Å². The molecule has 1 aromatic carbocycles. The van der Waals surface area contributed by atoms with Gasteiger partial charge in [0.2, 0.25) is 0 Å². The van der Waals surface area contributed by atoms with Crippen LogP contribution in [0.25, 0.3) is 41.3 Å². The largest absolute Gasteiger partial charge is 0.444 e. The number of likely N-dealkylation sites (tertiary alicyclic amines) is 2. The van der Waals surface area contributed by atoms with Gasteiger partial charge in [-0.05, 0) is 115 Å². The Morgan fingerprint density at radius 3 is 1.50 bits per heavy atom. The van der Waals surface area contributed by atoms with Gasteiger partial charge in [-0.2, -0.15) is 0 Å². The van der Waals surface area contributed by atoms with Crippen molar-refractivity contribution in [1.29, 1.82) is 0 Å². The molecule has 0 bridgehead atoms. The number of carbonyl (C=O) groups is 2. The third-order valence-corrected chi connectivity index (χ3v) is 11.6. The number of amides is 2. The van der Waals surface area contributed by atoms with E-state index in [1.54, 1.807) is 32.5 Å². The number of hydrogen-bond acceptors (Lipinski definition) is 8. The summed E-state index contributed by atoms with van der Waals surface area (Å²) >= 11 is 3.54. The van der Waals surface area contributed by atoms with Crippen molar-refractivity contribution in [2.24, 2.45) is 0 Å². The molecule has 0 unspecified atom stereocenters. The highest BCUT2D eigenvalue weighted by molar-refractivity contribution is 7.24. The molecule has 0 aliphatic carbocycles. The van der Waals surface area contributed by atoms with Gasteiger partial charge in [-0.25, -0.2) is 19.6 Å². The zero-order valence-electron chi connectivity index (χ0n) is 28.9. The maximum absolute atomic E-state index is 12.9. The molecule has 10 nitrogen and oxygen atoms in total. The molecule has 2 fully saturated rings. The molecule has 2 saturated heterocycles. The summed E-state index contributed by atoms with van der Waals surface area (Å²) in [5.74, 6) is 1.60. The smallest absolute Gasteiger partial charge is 0.410 e. The van der Waals surface area contributed by atoms with Crippen molar-refractivity contribution in [1.82, 2.24) is 29.7 Å². The number of benzene rings is 1. The van der Waals surface area contributed by atoms with E-state index in [-0.39, 0.29) is 24.3 Å². The van der Waals surface area contributed by atoms with Crippen LogP contribution >= 0.6 is 22.7 Å². The fraction of sp³-hybridized carbons (Fsp3) is 0.500. The second-order valence-electron chi connectivity index (χ2n) is 15.0. The van der Waals surface area contributed by atoms with E-state index >= 15 is 0 Å². The summed E-state index contributed by atoms with van der Waals surface area (Å²) in [7, 11) is 0. The van der Waals surface area contributed by atoms with Crippen molar-refractivity contribution < 1.29 is 19.1 Å². The molecular formula is C36H44N6O4S2. The van der Waals surface area contributed by atoms with Gasteiger partial charge in [0.15, 0.2) is 0 Å². The number of carbonyl (C=O) groups excluding carboxylic acids is 2. The SMILES string of the molecule is Cc1c2cc(-c3cnc([C@@H]4CCCN4C(=O)OC(C)(C)C)[nH]3)sc2c(C)c2cc(-c3cnc([C@@H]4CCCN4C(=O)OC(C)(C)C)[nH]3)sc12. The third-order valence-electron chi connectivity index (χ3n) is 9.07. The first-order valence-corrected chi connectivity index (χ1v) is 18.4. The minimum absolute atomic E-state index is 0.118. The lowest BCUT2D eigenvalue weighted by Gasteiger charge is -2.27. The van der Waals surface area contributed by atoms with Gasteiger partial charge in [0, 0.05) is 22.5 Å². The normalized spacial score (nSPS) is 18.8. The van der Waals surface area contributed by atoms with E-state index in [2.05, 4.69) is 35.9 Å². The van der Waals surface area contributed by atoms with Gasteiger partial charge in [0.1, 0.15) is 22.9 Å². The Labute approximate surface area is 288 Å². The Morgan fingerprint density at radius 2 is 1.12 bits per heavy atom. The number of H-pyrrole nitrogens is 2. The zero-order chi connectivity index (χ0) is 34.1. The average molecular weight is 689 g/mol. The topological polar surface area (TPSA) is 116 Å². The van der Waals surface area contributed by atoms with Crippen molar-refractivity contribution >= 4 is 55.0 Å². The predicted octanol–water partition coefficient (Wildman–Crippen LogP) is 9.66. The molecule has 5 aromatic rings. The summed E-state index contributed by atoms with van der Waals surface area (Å²) in [5.41, 5.74) is 3.35. The van der Waals surface area contributed by atoms with Crippen molar-refractivity contribution in [3.8, 4) is 21.1 Å². The summed E-state index contributed by atoms with van der Waals surface area (Å²) < 4.78 is 13.9. The molecule has 2 N–H and O–H groups in total. The van der Waals surface area contributed by atoms with Gasteiger partial charge in [0.05, 0.1) is 45.6 Å². The maximum atomic E-state index is 12.9. The summed E-state index contributed by atoms with van der Waals surface area (Å²) in [6.45, 7) is 17.1. The molecule has 2 aliphatic heterocycles. The Morgan fingerprint density at radius 1 is 0.729 bits per heavy atom. The summed E-state index contributed by atoms with van der Waals surface area (Å²) in [6.07, 6.45) is 6.76.